The van der Waals surface area contributed by atoms with Crippen LogP contribution in [0.15, 0.2) is 0 Å². The summed E-state index contributed by atoms with van der Waals surface area (Å²) in [5.74, 6) is 0. The summed E-state index contributed by atoms with van der Waals surface area (Å²) in [4.78, 5) is 0. The molecule has 1 aliphatic heterocycles. The summed E-state index contributed by atoms with van der Waals surface area (Å²) in [6.07, 6.45) is 5.57. The predicted octanol–water partition coefficient (Wildman–Crippen LogP) is 2.50. The fourth-order valence-electron chi connectivity index (χ4n) is 2.22. The van der Waals surface area contributed by atoms with E-state index in [1.807, 2.05) is 13.8 Å². The van der Waals surface area contributed by atoms with E-state index >= 15 is 0 Å². The Kier molecular flexibility index (Phi) is 3.74. The lowest BCUT2D eigenvalue weighted by atomic mass is 9.87. The lowest BCUT2D eigenvalue weighted by Gasteiger charge is -2.38. The van der Waals surface area contributed by atoms with Gasteiger partial charge in [0.2, 0.25) is 0 Å². The van der Waals surface area contributed by atoms with Crippen LogP contribution in [0.4, 0.5) is 0 Å². The average Bonchev–Trinajstić information content (AvgIpc) is 1.97. The number of unbranched alkanes of at least 4 members (excludes halogenated alkanes) is 1. The van der Waals surface area contributed by atoms with Gasteiger partial charge in [-0.3, -0.25) is 0 Å². The molecular formula is C11H22O2. The topological polar surface area (TPSA) is 29.5 Å². The summed E-state index contributed by atoms with van der Waals surface area (Å²) >= 11 is 0. The van der Waals surface area contributed by atoms with E-state index in [0.717, 1.165) is 19.3 Å². The minimum atomic E-state index is -0.504. The first-order chi connectivity index (χ1) is 6.03. The maximum absolute atomic E-state index is 9.93. The zero-order valence-corrected chi connectivity index (χ0v) is 9.05. The Balaban J connectivity index is 2.38. The first kappa shape index (κ1) is 11.0. The van der Waals surface area contributed by atoms with Crippen molar-refractivity contribution in [2.45, 2.75) is 70.7 Å². The van der Waals surface area contributed by atoms with Crippen molar-refractivity contribution in [3.05, 3.63) is 0 Å². The van der Waals surface area contributed by atoms with Gasteiger partial charge in [-0.25, -0.2) is 0 Å². The normalized spacial score (nSPS) is 40.6. The van der Waals surface area contributed by atoms with Crippen molar-refractivity contribution in [1.29, 1.82) is 0 Å². The Morgan fingerprint density at radius 1 is 1.46 bits per heavy atom. The maximum Gasteiger partial charge on any atom is 0.0669 e. The number of rotatable bonds is 3. The monoisotopic (exact) mass is 186 g/mol. The molecule has 1 saturated heterocycles. The molecule has 0 spiro atoms. The van der Waals surface area contributed by atoms with Gasteiger partial charge in [-0.05, 0) is 20.3 Å². The summed E-state index contributed by atoms with van der Waals surface area (Å²) in [6, 6.07) is 0. The van der Waals surface area contributed by atoms with Crippen LogP contribution in [0.2, 0.25) is 0 Å². The van der Waals surface area contributed by atoms with E-state index in [2.05, 4.69) is 6.92 Å². The lowest BCUT2D eigenvalue weighted by Crippen LogP contribution is -2.42. The van der Waals surface area contributed by atoms with Gasteiger partial charge >= 0.3 is 0 Å². The molecule has 0 radical (unpaired) electrons. The van der Waals surface area contributed by atoms with Crippen LogP contribution in [-0.2, 0) is 4.74 Å². The fourth-order valence-corrected chi connectivity index (χ4v) is 2.22. The minimum Gasteiger partial charge on any atom is -0.390 e. The fraction of sp³-hybridized carbons (Fsp3) is 1.00. The van der Waals surface area contributed by atoms with E-state index < -0.39 is 5.60 Å². The number of hydrogen-bond donors (Lipinski definition) is 1. The van der Waals surface area contributed by atoms with Crippen molar-refractivity contribution >= 4 is 0 Å². The molecule has 78 valence electrons. The Morgan fingerprint density at radius 2 is 2.15 bits per heavy atom. The highest BCUT2D eigenvalue weighted by Gasteiger charge is 2.33. The third-order valence-corrected chi connectivity index (χ3v) is 2.70. The van der Waals surface area contributed by atoms with Crippen molar-refractivity contribution in [3.63, 3.8) is 0 Å². The Hall–Kier alpha value is -0.0800. The summed E-state index contributed by atoms with van der Waals surface area (Å²) in [5.41, 5.74) is -0.504. The van der Waals surface area contributed by atoms with Gasteiger partial charge in [-0.15, -0.1) is 0 Å². The van der Waals surface area contributed by atoms with Gasteiger partial charge in [0.15, 0.2) is 0 Å². The molecule has 2 nitrogen and oxygen atoms in total. The molecule has 0 amide bonds. The summed E-state index contributed by atoms with van der Waals surface area (Å²) < 4.78 is 5.76. The summed E-state index contributed by atoms with van der Waals surface area (Å²) in [7, 11) is 0. The van der Waals surface area contributed by atoms with Crippen LogP contribution in [-0.4, -0.2) is 22.9 Å². The third kappa shape index (κ3) is 3.65. The minimum absolute atomic E-state index is 0.214. The first-order valence-electron chi connectivity index (χ1n) is 5.41. The van der Waals surface area contributed by atoms with Crippen LogP contribution < -0.4 is 0 Å². The summed E-state index contributed by atoms with van der Waals surface area (Å²) in [6.45, 7) is 6.15. The van der Waals surface area contributed by atoms with E-state index in [1.54, 1.807) is 0 Å². The third-order valence-electron chi connectivity index (χ3n) is 2.70. The molecule has 0 unspecified atom stereocenters. The average molecular weight is 186 g/mol. The van der Waals surface area contributed by atoms with Gasteiger partial charge in [0.1, 0.15) is 0 Å². The molecule has 1 aliphatic rings. The van der Waals surface area contributed by atoms with E-state index in [4.69, 9.17) is 4.74 Å². The highest BCUT2D eigenvalue weighted by molar-refractivity contribution is 4.84. The second-order valence-corrected chi connectivity index (χ2v) is 4.62. The Morgan fingerprint density at radius 3 is 2.69 bits per heavy atom. The summed E-state index contributed by atoms with van der Waals surface area (Å²) in [5, 5.41) is 9.93. The molecule has 1 N–H and O–H groups in total. The standard InChI is InChI=1S/C11H22O2/c1-4-5-6-10-8-11(3,12)7-9(2)13-10/h9-10,12H,4-8H2,1-3H3/t9-,10+,11-/m1/s1. The molecule has 2 heteroatoms. The quantitative estimate of drug-likeness (QED) is 0.733. The second-order valence-electron chi connectivity index (χ2n) is 4.62. The van der Waals surface area contributed by atoms with E-state index in [9.17, 15) is 5.11 Å². The molecule has 3 atom stereocenters. The van der Waals surface area contributed by atoms with Crippen molar-refractivity contribution < 1.29 is 9.84 Å². The maximum atomic E-state index is 9.93. The largest absolute Gasteiger partial charge is 0.390 e. The van der Waals surface area contributed by atoms with Crippen LogP contribution in [0.3, 0.4) is 0 Å². The lowest BCUT2D eigenvalue weighted by molar-refractivity contribution is -0.131. The molecule has 1 fully saturated rings. The number of aliphatic hydroxyl groups is 1. The Bertz CT molecular complexity index is 154. The SMILES string of the molecule is CCCC[C@H]1C[C@](C)(O)C[C@@H](C)O1. The van der Waals surface area contributed by atoms with Gasteiger partial charge in [0.25, 0.3) is 0 Å². The highest BCUT2D eigenvalue weighted by Crippen LogP contribution is 2.30. The van der Waals surface area contributed by atoms with Crippen LogP contribution in [0.25, 0.3) is 0 Å². The molecule has 0 bridgehead atoms. The van der Waals surface area contributed by atoms with Gasteiger partial charge in [0, 0.05) is 12.8 Å². The number of ether oxygens (including phenoxy) is 1. The van der Waals surface area contributed by atoms with Gasteiger partial charge in [-0.2, -0.15) is 0 Å². The number of hydrogen-bond acceptors (Lipinski definition) is 2. The predicted molar refractivity (Wildman–Crippen MR) is 53.7 cm³/mol. The van der Waals surface area contributed by atoms with Crippen molar-refractivity contribution in [2.75, 3.05) is 0 Å². The zero-order chi connectivity index (χ0) is 9.90. The van der Waals surface area contributed by atoms with E-state index in [-0.39, 0.29) is 12.2 Å². The molecule has 0 aliphatic carbocycles. The van der Waals surface area contributed by atoms with Crippen LogP contribution in [0.1, 0.15) is 52.9 Å². The molecule has 1 rings (SSSR count). The van der Waals surface area contributed by atoms with Gasteiger partial charge < -0.3 is 9.84 Å². The van der Waals surface area contributed by atoms with Gasteiger partial charge in [0.05, 0.1) is 17.8 Å². The molecule has 0 aromatic heterocycles. The zero-order valence-electron chi connectivity index (χ0n) is 9.05. The first-order valence-corrected chi connectivity index (χ1v) is 5.41. The van der Waals surface area contributed by atoms with Crippen LogP contribution in [0, 0.1) is 0 Å². The molecule has 1 heterocycles. The van der Waals surface area contributed by atoms with Crippen molar-refractivity contribution in [3.8, 4) is 0 Å². The van der Waals surface area contributed by atoms with Gasteiger partial charge in [-0.1, -0.05) is 19.8 Å². The van der Waals surface area contributed by atoms with Crippen molar-refractivity contribution in [2.24, 2.45) is 0 Å². The molecule has 0 aromatic carbocycles. The molecule has 13 heavy (non-hydrogen) atoms. The van der Waals surface area contributed by atoms with E-state index in [1.165, 1.54) is 12.8 Å². The molecular weight excluding hydrogens is 164 g/mol. The second kappa shape index (κ2) is 4.43. The highest BCUT2D eigenvalue weighted by atomic mass is 16.5. The van der Waals surface area contributed by atoms with Crippen molar-refractivity contribution in [1.82, 2.24) is 0 Å². The Labute approximate surface area is 81.3 Å². The smallest absolute Gasteiger partial charge is 0.0669 e. The molecule has 0 aromatic rings. The van der Waals surface area contributed by atoms with E-state index in [0.29, 0.717) is 0 Å². The van der Waals surface area contributed by atoms with Crippen LogP contribution in [0.5, 0.6) is 0 Å². The van der Waals surface area contributed by atoms with Crippen LogP contribution >= 0.6 is 0 Å². The molecule has 0 saturated carbocycles.